The second kappa shape index (κ2) is 10.3. The molecular weight excluding hydrogens is 571 g/mol. The van der Waals surface area contributed by atoms with Crippen LogP contribution in [-0.2, 0) is 17.4 Å². The Morgan fingerprint density at radius 3 is 2.42 bits per heavy atom. The fourth-order valence-corrected chi connectivity index (χ4v) is 5.77. The normalized spacial score (nSPS) is 17.3. The van der Waals surface area contributed by atoms with Crippen LogP contribution in [0.3, 0.4) is 0 Å². The van der Waals surface area contributed by atoms with Crippen LogP contribution in [0.4, 0.5) is 27.8 Å². The molecule has 0 unspecified atom stereocenters. The number of fused-ring (bicyclic) bond motifs is 1. The van der Waals surface area contributed by atoms with Gasteiger partial charge in [0.05, 0.1) is 16.8 Å². The number of carbonyl (C=O) groups excluding carboxylic acids is 2. The van der Waals surface area contributed by atoms with Gasteiger partial charge in [0.1, 0.15) is 17.2 Å². The van der Waals surface area contributed by atoms with E-state index in [1.165, 1.54) is 47.6 Å². The molecule has 0 bridgehead atoms. The van der Waals surface area contributed by atoms with Gasteiger partial charge in [0, 0.05) is 67.5 Å². The van der Waals surface area contributed by atoms with Crippen molar-refractivity contribution in [3.8, 4) is 11.3 Å². The average molecular weight is 597 g/mol. The molecule has 1 spiro atoms. The highest BCUT2D eigenvalue weighted by molar-refractivity contribution is 5.95. The molecule has 2 aliphatic rings. The molecule has 4 heterocycles. The lowest BCUT2D eigenvalue weighted by Crippen LogP contribution is -2.66. The number of nitrogens with zero attached hydrogens (tertiary/aromatic N) is 3. The molecule has 43 heavy (non-hydrogen) atoms. The van der Waals surface area contributed by atoms with Gasteiger partial charge in [-0.2, -0.15) is 13.2 Å². The second-order valence-corrected chi connectivity index (χ2v) is 11.3. The maximum absolute atomic E-state index is 14.0. The van der Waals surface area contributed by atoms with Gasteiger partial charge in [0.2, 0.25) is 5.92 Å². The minimum atomic E-state index is -4.73. The van der Waals surface area contributed by atoms with Crippen LogP contribution in [0.25, 0.3) is 28.3 Å². The van der Waals surface area contributed by atoms with E-state index >= 15 is 0 Å². The highest BCUT2D eigenvalue weighted by Crippen LogP contribution is 2.56. The Morgan fingerprint density at radius 1 is 1.02 bits per heavy atom. The van der Waals surface area contributed by atoms with Gasteiger partial charge in [-0.25, -0.2) is 13.8 Å². The van der Waals surface area contributed by atoms with Crippen LogP contribution in [0.5, 0.6) is 0 Å². The zero-order valence-corrected chi connectivity index (χ0v) is 22.6. The van der Waals surface area contributed by atoms with Crippen LogP contribution in [-0.4, -0.2) is 45.6 Å². The SMILES string of the molecule is Nc1ccc(/C=C/C(=O)CCc2cc3cc(-c4ccc(C(=O)N5CC6(C5)CC(F)(F)C6)cn4)cc(C(F)(F)F)c3o2)cn1. The molecule has 4 aromatic rings. The number of nitrogen functional groups attached to an aromatic ring is 1. The van der Waals surface area contributed by atoms with Gasteiger partial charge in [0.15, 0.2) is 5.78 Å². The number of aryl methyl sites for hydroxylation is 1. The zero-order valence-electron chi connectivity index (χ0n) is 22.6. The topological polar surface area (TPSA) is 102 Å². The number of pyridine rings is 2. The second-order valence-electron chi connectivity index (χ2n) is 11.3. The summed E-state index contributed by atoms with van der Waals surface area (Å²) in [5, 5.41) is 0.195. The largest absolute Gasteiger partial charge is 0.460 e. The molecule has 1 aromatic carbocycles. The Kier molecular flexibility index (Phi) is 6.82. The third-order valence-electron chi connectivity index (χ3n) is 7.77. The Balaban J connectivity index is 1.16. The van der Waals surface area contributed by atoms with Crippen molar-refractivity contribution >= 4 is 34.6 Å². The lowest BCUT2D eigenvalue weighted by atomic mass is 9.61. The van der Waals surface area contributed by atoms with E-state index in [4.69, 9.17) is 10.2 Å². The maximum atomic E-state index is 14.0. The van der Waals surface area contributed by atoms with E-state index in [1.54, 1.807) is 18.2 Å². The van der Waals surface area contributed by atoms with E-state index < -0.39 is 23.1 Å². The van der Waals surface area contributed by atoms with Crippen LogP contribution in [0.15, 0.2) is 65.4 Å². The predicted molar refractivity (Wildman–Crippen MR) is 148 cm³/mol. The first-order valence-electron chi connectivity index (χ1n) is 13.5. The van der Waals surface area contributed by atoms with Gasteiger partial charge < -0.3 is 15.1 Å². The van der Waals surface area contributed by atoms with Crippen molar-refractivity contribution in [1.82, 2.24) is 14.9 Å². The predicted octanol–water partition coefficient (Wildman–Crippen LogP) is 6.58. The number of hydrogen-bond acceptors (Lipinski definition) is 6. The number of allylic oxidation sites excluding steroid dienone is 1. The monoisotopic (exact) mass is 596 g/mol. The van der Waals surface area contributed by atoms with E-state index in [0.29, 0.717) is 11.4 Å². The summed E-state index contributed by atoms with van der Waals surface area (Å²) < 4.78 is 74.1. The van der Waals surface area contributed by atoms with Crippen LogP contribution < -0.4 is 5.73 Å². The van der Waals surface area contributed by atoms with Crippen LogP contribution in [0.1, 0.15) is 46.5 Å². The third-order valence-corrected chi connectivity index (χ3v) is 7.77. The van der Waals surface area contributed by atoms with Crippen molar-refractivity contribution < 1.29 is 36.0 Å². The summed E-state index contributed by atoms with van der Waals surface area (Å²) >= 11 is 0. The van der Waals surface area contributed by atoms with Crippen LogP contribution in [0.2, 0.25) is 0 Å². The van der Waals surface area contributed by atoms with E-state index in [0.717, 1.165) is 6.07 Å². The first-order chi connectivity index (χ1) is 20.3. The van der Waals surface area contributed by atoms with Gasteiger partial charge >= 0.3 is 6.18 Å². The molecule has 3 aromatic heterocycles. The first kappa shape index (κ1) is 28.5. The number of aromatic nitrogens is 2. The van der Waals surface area contributed by atoms with Gasteiger partial charge in [-0.3, -0.25) is 14.6 Å². The molecule has 222 valence electrons. The molecule has 6 rings (SSSR count). The Bertz CT molecular complexity index is 1730. The number of nitrogens with two attached hydrogens (primary N) is 1. The van der Waals surface area contributed by atoms with Gasteiger partial charge in [-0.05, 0) is 60.2 Å². The van der Waals surface area contributed by atoms with Gasteiger partial charge in [-0.1, -0.05) is 0 Å². The number of benzene rings is 1. The summed E-state index contributed by atoms with van der Waals surface area (Å²) in [6, 6.07) is 10.1. The number of likely N-dealkylation sites (tertiary alicyclic amines) is 1. The van der Waals surface area contributed by atoms with E-state index in [1.807, 2.05) is 0 Å². The molecule has 2 N–H and O–H groups in total. The number of hydrogen-bond donors (Lipinski definition) is 1. The van der Waals surface area contributed by atoms with Crippen molar-refractivity contribution in [2.75, 3.05) is 18.8 Å². The minimum absolute atomic E-state index is 0.0184. The first-order valence-corrected chi connectivity index (χ1v) is 13.5. The van der Waals surface area contributed by atoms with Crippen LogP contribution in [0, 0.1) is 5.41 Å². The molecule has 1 amide bonds. The lowest BCUT2D eigenvalue weighted by Gasteiger charge is -2.58. The molecule has 2 fully saturated rings. The molecule has 7 nitrogen and oxygen atoms in total. The number of furan rings is 1. The lowest BCUT2D eigenvalue weighted by molar-refractivity contribution is -0.203. The number of alkyl halides is 5. The summed E-state index contributed by atoms with van der Waals surface area (Å²) in [6.07, 6.45) is 0.653. The van der Waals surface area contributed by atoms with E-state index in [2.05, 4.69) is 9.97 Å². The van der Waals surface area contributed by atoms with E-state index in [9.17, 15) is 31.5 Å². The summed E-state index contributed by atoms with van der Waals surface area (Å²) in [5.41, 5.74) is 4.97. The number of anilines is 1. The number of carbonyl (C=O) groups is 2. The highest BCUT2D eigenvalue weighted by atomic mass is 19.4. The summed E-state index contributed by atoms with van der Waals surface area (Å²) in [7, 11) is 0. The van der Waals surface area contributed by atoms with Crippen molar-refractivity contribution in [1.29, 1.82) is 0 Å². The minimum Gasteiger partial charge on any atom is -0.460 e. The van der Waals surface area contributed by atoms with Crippen molar-refractivity contribution in [3.05, 3.63) is 83.4 Å². The molecule has 0 atom stereocenters. The van der Waals surface area contributed by atoms with Crippen LogP contribution >= 0.6 is 0 Å². The molecule has 1 aliphatic carbocycles. The highest BCUT2D eigenvalue weighted by Gasteiger charge is 2.62. The van der Waals surface area contributed by atoms with Crippen molar-refractivity contribution in [2.24, 2.45) is 5.41 Å². The van der Waals surface area contributed by atoms with Crippen molar-refractivity contribution in [2.45, 2.75) is 37.8 Å². The smallest absolute Gasteiger partial charge is 0.420 e. The fourth-order valence-electron chi connectivity index (χ4n) is 5.77. The quantitative estimate of drug-likeness (QED) is 0.191. The number of halogens is 5. The summed E-state index contributed by atoms with van der Waals surface area (Å²) in [4.78, 5) is 34.7. The molecule has 12 heteroatoms. The van der Waals surface area contributed by atoms with Gasteiger partial charge in [0.25, 0.3) is 5.91 Å². The fraction of sp³-hybridized carbons (Fsp3) is 0.290. The maximum Gasteiger partial charge on any atom is 0.420 e. The summed E-state index contributed by atoms with van der Waals surface area (Å²) in [5.74, 6) is -2.71. The number of rotatable bonds is 7. The standard InChI is InChI=1S/C31H25F5N4O3/c32-30(33)14-29(15-30)16-40(17-29)28(42)19-3-7-25(38-13-19)20-9-21-10-23(43-27(21)24(11-20)31(34,35)36)6-5-22(41)4-1-18-2-8-26(37)39-12-18/h1-4,7-13H,5-6,14-17H2,(H2,37,39)/b4-1+. The Labute approximate surface area is 242 Å². The number of amides is 1. The van der Waals surface area contributed by atoms with Gasteiger partial charge in [-0.15, -0.1) is 0 Å². The number of ketones is 1. The molecule has 1 saturated heterocycles. The Hall–Kier alpha value is -4.61. The molecular formula is C31H25F5N4O3. The third kappa shape index (κ3) is 5.86. The van der Waals surface area contributed by atoms with E-state index in [-0.39, 0.29) is 84.0 Å². The average Bonchev–Trinajstić information content (AvgIpc) is 3.34. The Morgan fingerprint density at radius 2 is 1.79 bits per heavy atom. The zero-order chi connectivity index (χ0) is 30.6. The molecule has 1 aliphatic heterocycles. The summed E-state index contributed by atoms with van der Waals surface area (Å²) in [6.45, 7) is 0.499. The molecule has 1 saturated carbocycles. The van der Waals surface area contributed by atoms with Crippen molar-refractivity contribution in [3.63, 3.8) is 0 Å². The molecule has 0 radical (unpaired) electrons.